The summed E-state index contributed by atoms with van der Waals surface area (Å²) < 4.78 is 2.12. The van der Waals surface area contributed by atoms with Crippen LogP contribution in [0.1, 0.15) is 13.8 Å². The monoisotopic (exact) mass is 537 g/mol. The number of hydrogen-bond donors (Lipinski definition) is 1. The van der Waals surface area contributed by atoms with Gasteiger partial charge in [0.2, 0.25) is 0 Å². The standard InChI is InChI=1S/C16H10N3.C5H8O2.Ir/c1-2-6-12(7-3-1)19-14-9-5-10-17-15(14)13-8-4-11-18-16(13)19;1-4(6)3-5(2)7;/h1-7,9-11H;3,6H,1-2H3;/q-1;;/b;4-3-;. The Morgan fingerprint density at radius 2 is 1.81 bits per heavy atom. The van der Waals surface area contributed by atoms with Crippen LogP contribution >= 0.6 is 0 Å². The summed E-state index contributed by atoms with van der Waals surface area (Å²) in [6.07, 6.45) is 4.73. The molecule has 0 spiro atoms. The number of ketones is 1. The largest absolute Gasteiger partial charge is 0.512 e. The average molecular weight is 537 g/mol. The normalized spacial score (nSPS) is 10.8. The predicted molar refractivity (Wildman–Crippen MR) is 102 cm³/mol. The zero-order chi connectivity index (χ0) is 18.5. The number of aromatic nitrogens is 3. The van der Waals surface area contributed by atoms with E-state index in [1.165, 1.54) is 19.9 Å². The molecule has 1 N–H and O–H groups in total. The summed E-state index contributed by atoms with van der Waals surface area (Å²) in [7, 11) is 0. The van der Waals surface area contributed by atoms with Crippen molar-refractivity contribution in [3.05, 3.63) is 78.8 Å². The minimum Gasteiger partial charge on any atom is -0.512 e. The Kier molecular flexibility index (Phi) is 6.99. The number of benzene rings is 1. The molecule has 1 radical (unpaired) electrons. The van der Waals surface area contributed by atoms with Crippen LogP contribution in [0.3, 0.4) is 0 Å². The quantitative estimate of drug-likeness (QED) is 0.234. The van der Waals surface area contributed by atoms with Crippen LogP contribution in [0.25, 0.3) is 27.8 Å². The third-order valence-electron chi connectivity index (χ3n) is 3.63. The van der Waals surface area contributed by atoms with E-state index < -0.39 is 0 Å². The van der Waals surface area contributed by atoms with Crippen LogP contribution in [0.15, 0.2) is 72.8 Å². The van der Waals surface area contributed by atoms with Crippen molar-refractivity contribution in [1.29, 1.82) is 0 Å². The Morgan fingerprint density at radius 3 is 2.44 bits per heavy atom. The van der Waals surface area contributed by atoms with E-state index in [4.69, 9.17) is 5.11 Å². The van der Waals surface area contributed by atoms with Crippen molar-refractivity contribution >= 4 is 27.9 Å². The zero-order valence-electron chi connectivity index (χ0n) is 14.9. The molecule has 3 heterocycles. The maximum atomic E-state index is 10.0. The number of rotatable bonds is 2. The fourth-order valence-corrected chi connectivity index (χ4v) is 2.72. The molecule has 4 aromatic rings. The van der Waals surface area contributed by atoms with Gasteiger partial charge in [0, 0.05) is 49.1 Å². The van der Waals surface area contributed by atoms with E-state index in [-0.39, 0.29) is 31.6 Å². The van der Waals surface area contributed by atoms with Gasteiger partial charge in [-0.15, -0.1) is 12.1 Å². The number of carbonyl (C=O) groups is 1. The van der Waals surface area contributed by atoms with Crippen molar-refractivity contribution in [2.24, 2.45) is 0 Å². The second-order valence-corrected chi connectivity index (χ2v) is 5.73. The van der Waals surface area contributed by atoms with Gasteiger partial charge in [0.05, 0.1) is 11.4 Å². The summed E-state index contributed by atoms with van der Waals surface area (Å²) in [6, 6.07) is 19.3. The van der Waals surface area contributed by atoms with E-state index in [1.54, 1.807) is 12.4 Å². The Balaban J connectivity index is 0.000000285. The molecule has 0 atom stereocenters. The first-order chi connectivity index (χ1) is 12.6. The minimum atomic E-state index is -0.125. The van der Waals surface area contributed by atoms with E-state index in [0.29, 0.717) is 0 Å². The van der Waals surface area contributed by atoms with Gasteiger partial charge in [-0.1, -0.05) is 29.8 Å². The van der Waals surface area contributed by atoms with Crippen molar-refractivity contribution in [2.75, 3.05) is 0 Å². The molecular weight excluding hydrogens is 518 g/mol. The first kappa shape index (κ1) is 20.5. The van der Waals surface area contributed by atoms with Crippen molar-refractivity contribution in [3.8, 4) is 5.69 Å². The SMILES string of the molecule is CC(=O)/C=C(/C)O.[Ir].[c-]1ccnc2c1c1ncccc1n2-c1ccccc1. The summed E-state index contributed by atoms with van der Waals surface area (Å²) in [4.78, 5) is 19.0. The Morgan fingerprint density at radius 1 is 1.07 bits per heavy atom. The summed E-state index contributed by atoms with van der Waals surface area (Å²) in [5.74, 6) is -0.0625. The number of aliphatic hydroxyl groups is 1. The van der Waals surface area contributed by atoms with Gasteiger partial charge in [-0.25, -0.2) is 0 Å². The van der Waals surface area contributed by atoms with E-state index >= 15 is 0 Å². The first-order valence-electron chi connectivity index (χ1n) is 8.13. The molecule has 0 aliphatic rings. The second kappa shape index (κ2) is 9.21. The molecule has 139 valence electrons. The number of para-hydroxylation sites is 1. The van der Waals surface area contributed by atoms with E-state index in [0.717, 1.165) is 27.8 Å². The molecule has 3 aromatic heterocycles. The third-order valence-corrected chi connectivity index (χ3v) is 3.63. The summed E-state index contributed by atoms with van der Waals surface area (Å²) in [5.41, 5.74) is 3.97. The van der Waals surface area contributed by atoms with Crippen LogP contribution < -0.4 is 0 Å². The van der Waals surface area contributed by atoms with Crippen LogP contribution in [0, 0.1) is 6.07 Å². The Bertz CT molecular complexity index is 1030. The van der Waals surface area contributed by atoms with Crippen LogP contribution in [0.4, 0.5) is 0 Å². The van der Waals surface area contributed by atoms with E-state index in [9.17, 15) is 4.79 Å². The Hall–Kier alpha value is -2.82. The molecule has 4 rings (SSSR count). The number of nitrogens with zero attached hydrogens (tertiary/aromatic N) is 3. The molecule has 0 saturated carbocycles. The van der Waals surface area contributed by atoms with E-state index in [1.807, 2.05) is 30.3 Å². The molecule has 1 aromatic carbocycles. The fraction of sp³-hybridized carbons (Fsp3) is 0.0952. The molecule has 0 aliphatic heterocycles. The van der Waals surface area contributed by atoms with Crippen molar-refractivity contribution in [1.82, 2.24) is 14.5 Å². The van der Waals surface area contributed by atoms with Crippen molar-refractivity contribution in [2.45, 2.75) is 13.8 Å². The molecule has 0 fully saturated rings. The van der Waals surface area contributed by atoms with Crippen LogP contribution in [-0.2, 0) is 24.9 Å². The molecular formula is C21H18IrN3O2-. The number of pyridine rings is 2. The topological polar surface area (TPSA) is 68.0 Å². The third kappa shape index (κ3) is 4.67. The zero-order valence-corrected chi connectivity index (χ0v) is 17.3. The molecule has 0 unspecified atom stereocenters. The molecule has 5 nitrogen and oxygen atoms in total. The Labute approximate surface area is 170 Å². The number of carbonyl (C=O) groups excluding carboxylic acids is 1. The number of fused-ring (bicyclic) bond motifs is 3. The minimum absolute atomic E-state index is 0. The fourth-order valence-electron chi connectivity index (χ4n) is 2.72. The first-order valence-corrected chi connectivity index (χ1v) is 8.13. The smallest absolute Gasteiger partial charge is 0.155 e. The van der Waals surface area contributed by atoms with Gasteiger partial charge in [-0.2, -0.15) is 0 Å². The van der Waals surface area contributed by atoms with Gasteiger partial charge >= 0.3 is 0 Å². The van der Waals surface area contributed by atoms with Crippen LogP contribution in [-0.4, -0.2) is 25.4 Å². The maximum absolute atomic E-state index is 10.0. The van der Waals surface area contributed by atoms with Crippen LogP contribution in [0.5, 0.6) is 0 Å². The molecule has 27 heavy (non-hydrogen) atoms. The van der Waals surface area contributed by atoms with Gasteiger partial charge in [0.15, 0.2) is 5.78 Å². The molecule has 0 saturated heterocycles. The van der Waals surface area contributed by atoms with Gasteiger partial charge < -0.3 is 19.6 Å². The molecule has 0 bridgehead atoms. The van der Waals surface area contributed by atoms with Gasteiger partial charge in [-0.05, 0) is 38.1 Å². The number of aliphatic hydroxyl groups excluding tert-OH is 1. The summed E-state index contributed by atoms with van der Waals surface area (Å²) >= 11 is 0. The number of hydrogen-bond acceptors (Lipinski definition) is 4. The van der Waals surface area contributed by atoms with E-state index in [2.05, 4.69) is 38.8 Å². The molecule has 0 aliphatic carbocycles. The summed E-state index contributed by atoms with van der Waals surface area (Å²) in [5, 5.41) is 9.32. The van der Waals surface area contributed by atoms with Crippen LogP contribution in [0.2, 0.25) is 0 Å². The molecule has 6 heteroatoms. The van der Waals surface area contributed by atoms with Gasteiger partial charge in [-0.3, -0.25) is 4.79 Å². The number of allylic oxidation sites excluding steroid dienone is 2. The summed E-state index contributed by atoms with van der Waals surface area (Å²) in [6.45, 7) is 2.85. The van der Waals surface area contributed by atoms with Crippen molar-refractivity contribution < 1.29 is 30.0 Å². The second-order valence-electron chi connectivity index (χ2n) is 5.73. The predicted octanol–water partition coefficient (Wildman–Crippen LogP) is 4.41. The average Bonchev–Trinajstić information content (AvgIpc) is 2.96. The van der Waals surface area contributed by atoms with Crippen molar-refractivity contribution in [3.63, 3.8) is 0 Å². The van der Waals surface area contributed by atoms with Gasteiger partial charge in [0.1, 0.15) is 0 Å². The van der Waals surface area contributed by atoms with Gasteiger partial charge in [0.25, 0.3) is 0 Å². The molecule has 0 amide bonds. The maximum Gasteiger partial charge on any atom is 0.155 e.